The van der Waals surface area contributed by atoms with Crippen molar-refractivity contribution in [3.8, 4) is 0 Å². The van der Waals surface area contributed by atoms with Gasteiger partial charge in [-0.3, -0.25) is 0 Å². The number of ether oxygens (including phenoxy) is 1. The molecule has 0 radical (unpaired) electrons. The molecule has 1 atom stereocenters. The van der Waals surface area contributed by atoms with Gasteiger partial charge in [-0.25, -0.2) is 0 Å². The van der Waals surface area contributed by atoms with Crippen molar-refractivity contribution in [2.75, 3.05) is 6.61 Å². The van der Waals surface area contributed by atoms with E-state index in [0.717, 1.165) is 6.61 Å². The molecule has 1 heteroatoms. The van der Waals surface area contributed by atoms with Crippen LogP contribution in [0.2, 0.25) is 0 Å². The van der Waals surface area contributed by atoms with E-state index in [2.05, 4.69) is 34.6 Å². The summed E-state index contributed by atoms with van der Waals surface area (Å²) < 4.78 is 5.86. The zero-order valence-electron chi connectivity index (χ0n) is 20.6. The van der Waals surface area contributed by atoms with Gasteiger partial charge in [-0.05, 0) is 50.9 Å². The van der Waals surface area contributed by atoms with Gasteiger partial charge in [0.05, 0.1) is 6.10 Å². The fraction of sp³-hybridized carbons (Fsp3) is 1.00. The van der Waals surface area contributed by atoms with Crippen molar-refractivity contribution in [2.24, 2.45) is 5.41 Å². The molecule has 1 nitrogen and oxygen atoms in total. The Labute approximate surface area is 179 Å². The quantitative estimate of drug-likeness (QED) is 0.165. The molecule has 1 unspecified atom stereocenters. The van der Waals surface area contributed by atoms with E-state index in [1.807, 2.05) is 0 Å². The summed E-state index contributed by atoms with van der Waals surface area (Å²) in [6.07, 6.45) is 27.0. The molecular weight excluding hydrogens is 340 g/mol. The monoisotopic (exact) mass is 396 g/mol. The van der Waals surface area contributed by atoms with Crippen molar-refractivity contribution in [3.63, 3.8) is 0 Å². The minimum Gasteiger partial charge on any atom is -0.379 e. The summed E-state index contributed by atoms with van der Waals surface area (Å²) >= 11 is 0. The molecular formula is C27H56O. The Hall–Kier alpha value is -0.0400. The molecule has 0 rings (SSSR count). The molecule has 0 bridgehead atoms. The molecule has 0 fully saturated rings. The van der Waals surface area contributed by atoms with E-state index in [0.29, 0.717) is 11.5 Å². The lowest BCUT2D eigenvalue weighted by Gasteiger charge is -2.35. The maximum Gasteiger partial charge on any atom is 0.0547 e. The van der Waals surface area contributed by atoms with Crippen LogP contribution in [-0.2, 0) is 4.74 Å². The van der Waals surface area contributed by atoms with Crippen molar-refractivity contribution in [3.05, 3.63) is 0 Å². The van der Waals surface area contributed by atoms with Crippen LogP contribution in [0.1, 0.15) is 157 Å². The zero-order chi connectivity index (χ0) is 20.9. The molecule has 28 heavy (non-hydrogen) atoms. The predicted molar refractivity (Wildman–Crippen MR) is 128 cm³/mol. The van der Waals surface area contributed by atoms with Gasteiger partial charge in [0.1, 0.15) is 0 Å². The van der Waals surface area contributed by atoms with Crippen LogP contribution in [0.5, 0.6) is 0 Å². The van der Waals surface area contributed by atoms with Gasteiger partial charge in [-0.15, -0.1) is 0 Å². The largest absolute Gasteiger partial charge is 0.379 e. The van der Waals surface area contributed by atoms with E-state index >= 15 is 0 Å². The van der Waals surface area contributed by atoms with Crippen molar-refractivity contribution >= 4 is 0 Å². The Bertz CT molecular complexity index is 277. The lowest BCUT2D eigenvalue weighted by Crippen LogP contribution is -2.21. The van der Waals surface area contributed by atoms with Gasteiger partial charge in [0.2, 0.25) is 0 Å². The second-order valence-corrected chi connectivity index (χ2v) is 9.51. The van der Waals surface area contributed by atoms with Crippen LogP contribution in [0.15, 0.2) is 0 Å². The van der Waals surface area contributed by atoms with Crippen LogP contribution < -0.4 is 0 Å². The van der Waals surface area contributed by atoms with E-state index < -0.39 is 0 Å². The van der Waals surface area contributed by atoms with Crippen LogP contribution in [0.25, 0.3) is 0 Å². The Morgan fingerprint density at radius 3 is 1.46 bits per heavy atom. The summed E-state index contributed by atoms with van der Waals surface area (Å²) in [5.41, 5.74) is 0.674. The molecule has 0 saturated carbocycles. The van der Waals surface area contributed by atoms with E-state index in [1.54, 1.807) is 0 Å². The molecule has 0 aromatic carbocycles. The summed E-state index contributed by atoms with van der Waals surface area (Å²) in [4.78, 5) is 0. The van der Waals surface area contributed by atoms with Gasteiger partial charge in [0.25, 0.3) is 0 Å². The Kier molecular flexibility index (Phi) is 20.2. The van der Waals surface area contributed by atoms with Crippen molar-refractivity contribution in [2.45, 2.75) is 163 Å². The Balaban J connectivity index is 3.98. The van der Waals surface area contributed by atoms with E-state index in [4.69, 9.17) is 4.74 Å². The molecule has 0 saturated heterocycles. The number of hydrogen-bond acceptors (Lipinski definition) is 1. The summed E-state index contributed by atoms with van der Waals surface area (Å²) in [6.45, 7) is 12.5. The second-order valence-electron chi connectivity index (χ2n) is 9.51. The zero-order valence-corrected chi connectivity index (χ0v) is 20.6. The first kappa shape index (κ1) is 28.0. The highest BCUT2D eigenvalue weighted by Crippen LogP contribution is 2.41. The summed E-state index contributed by atoms with van der Waals surface area (Å²) in [5, 5.41) is 0. The lowest BCUT2D eigenvalue weighted by molar-refractivity contribution is 0.0565. The van der Waals surface area contributed by atoms with Gasteiger partial charge in [0.15, 0.2) is 0 Å². The third kappa shape index (κ3) is 15.8. The molecule has 0 aliphatic rings. The highest BCUT2D eigenvalue weighted by Gasteiger charge is 2.27. The van der Waals surface area contributed by atoms with Crippen LogP contribution in [0.4, 0.5) is 0 Å². The number of rotatable bonds is 22. The molecule has 0 aliphatic carbocycles. The first-order valence-electron chi connectivity index (χ1n) is 13.3. The minimum absolute atomic E-state index is 0.461. The average Bonchev–Trinajstić information content (AvgIpc) is 2.70. The third-order valence-corrected chi connectivity index (χ3v) is 6.65. The molecule has 170 valence electrons. The average molecular weight is 397 g/mol. The van der Waals surface area contributed by atoms with E-state index in [-0.39, 0.29) is 0 Å². The molecule has 0 spiro atoms. The summed E-state index contributed by atoms with van der Waals surface area (Å²) in [6, 6.07) is 0. The highest BCUT2D eigenvalue weighted by molar-refractivity contribution is 4.79. The number of hydrogen-bond donors (Lipinski definition) is 0. The Morgan fingerprint density at radius 1 is 0.536 bits per heavy atom. The molecule has 0 aliphatic heterocycles. The van der Waals surface area contributed by atoms with Crippen molar-refractivity contribution in [1.29, 1.82) is 0 Å². The van der Waals surface area contributed by atoms with Gasteiger partial charge in [0, 0.05) is 6.61 Å². The minimum atomic E-state index is 0.461. The smallest absolute Gasteiger partial charge is 0.0547 e. The summed E-state index contributed by atoms with van der Waals surface area (Å²) in [5.74, 6) is 0. The standard InChI is InChI=1S/C27H56O/c1-6-10-21-27(22-11-7-2,23-12-8-3)24-19-17-15-14-16-18-20-26(5)28-25-13-9-4/h26H,6-25H2,1-5H3. The fourth-order valence-corrected chi connectivity index (χ4v) is 4.56. The van der Waals surface area contributed by atoms with Crippen LogP contribution in [0, 0.1) is 5.41 Å². The molecule has 0 aromatic heterocycles. The maximum atomic E-state index is 5.86. The molecule has 0 amide bonds. The normalized spacial score (nSPS) is 13.2. The van der Waals surface area contributed by atoms with E-state index in [9.17, 15) is 0 Å². The fourth-order valence-electron chi connectivity index (χ4n) is 4.56. The maximum absolute atomic E-state index is 5.86. The molecule has 0 N–H and O–H groups in total. The predicted octanol–water partition coefficient (Wildman–Crippen LogP) is 9.87. The van der Waals surface area contributed by atoms with Crippen molar-refractivity contribution < 1.29 is 4.74 Å². The lowest BCUT2D eigenvalue weighted by atomic mass is 9.71. The van der Waals surface area contributed by atoms with Gasteiger partial charge < -0.3 is 4.74 Å². The highest BCUT2D eigenvalue weighted by atomic mass is 16.5. The van der Waals surface area contributed by atoms with Crippen LogP contribution >= 0.6 is 0 Å². The first-order valence-corrected chi connectivity index (χ1v) is 13.3. The Morgan fingerprint density at radius 2 is 0.964 bits per heavy atom. The topological polar surface area (TPSA) is 9.23 Å². The van der Waals surface area contributed by atoms with Crippen LogP contribution in [0.3, 0.4) is 0 Å². The number of unbranched alkanes of at least 4 members (excludes halogenated alkanes) is 9. The van der Waals surface area contributed by atoms with E-state index in [1.165, 1.54) is 122 Å². The third-order valence-electron chi connectivity index (χ3n) is 6.65. The SMILES string of the molecule is CCCCOC(C)CCCCCCCCC(CCCC)(CCCC)CCCC. The van der Waals surface area contributed by atoms with Gasteiger partial charge >= 0.3 is 0 Å². The molecule has 0 heterocycles. The molecule has 0 aromatic rings. The second kappa shape index (κ2) is 20.2. The first-order chi connectivity index (χ1) is 13.6. The van der Waals surface area contributed by atoms with Gasteiger partial charge in [-0.1, -0.05) is 111 Å². The van der Waals surface area contributed by atoms with Gasteiger partial charge in [-0.2, -0.15) is 0 Å². The van der Waals surface area contributed by atoms with Crippen molar-refractivity contribution in [1.82, 2.24) is 0 Å². The summed E-state index contributed by atoms with van der Waals surface area (Å²) in [7, 11) is 0. The van der Waals surface area contributed by atoms with Crippen LogP contribution in [-0.4, -0.2) is 12.7 Å².